The van der Waals surface area contributed by atoms with Gasteiger partial charge in [-0.1, -0.05) is 30.3 Å². The van der Waals surface area contributed by atoms with Crippen LogP contribution in [0.3, 0.4) is 0 Å². The summed E-state index contributed by atoms with van der Waals surface area (Å²) in [4.78, 5) is 21.1. The lowest BCUT2D eigenvalue weighted by Gasteiger charge is -2.10. The number of nitro benzene ring substituents is 1. The normalized spacial score (nSPS) is 10.1. The van der Waals surface area contributed by atoms with Crippen LogP contribution < -0.4 is 5.32 Å². The number of nitrogens with one attached hydrogen (secondary N) is 1. The molecule has 0 saturated heterocycles. The van der Waals surface area contributed by atoms with E-state index in [1.54, 1.807) is 24.3 Å². The zero-order valence-electron chi connectivity index (χ0n) is 11.2. The summed E-state index contributed by atoms with van der Waals surface area (Å²) in [6, 6.07) is 13.4. The third kappa shape index (κ3) is 4.04. The smallest absolute Gasteiger partial charge is 0.307 e. The first kappa shape index (κ1) is 14.5. The summed E-state index contributed by atoms with van der Waals surface area (Å²) in [7, 11) is 0. The fraction of sp³-hybridized carbons (Fsp3) is 0.133. The molecule has 0 spiro atoms. The highest BCUT2D eigenvalue weighted by molar-refractivity contribution is 5.70. The van der Waals surface area contributed by atoms with Crippen molar-refractivity contribution in [2.45, 2.75) is 13.0 Å². The topological polar surface area (TPSA) is 92.5 Å². The van der Waals surface area contributed by atoms with Crippen molar-refractivity contribution in [1.82, 2.24) is 0 Å². The van der Waals surface area contributed by atoms with Crippen LogP contribution in [0.1, 0.15) is 11.1 Å². The van der Waals surface area contributed by atoms with Gasteiger partial charge in [0.25, 0.3) is 5.69 Å². The van der Waals surface area contributed by atoms with E-state index in [-0.39, 0.29) is 12.1 Å². The van der Waals surface area contributed by atoms with Crippen LogP contribution in [0.25, 0.3) is 0 Å². The molecule has 21 heavy (non-hydrogen) atoms. The van der Waals surface area contributed by atoms with Crippen molar-refractivity contribution >= 4 is 17.3 Å². The molecule has 0 aliphatic heterocycles. The van der Waals surface area contributed by atoms with E-state index in [4.69, 9.17) is 5.11 Å². The third-order valence-corrected chi connectivity index (χ3v) is 3.00. The monoisotopic (exact) mass is 286 g/mol. The highest BCUT2D eigenvalue weighted by atomic mass is 16.6. The largest absolute Gasteiger partial charge is 0.481 e. The number of rotatable bonds is 6. The number of carboxylic acid groups (broad SMARTS) is 1. The van der Waals surface area contributed by atoms with Crippen molar-refractivity contribution in [2.75, 3.05) is 5.32 Å². The van der Waals surface area contributed by atoms with E-state index in [1.165, 1.54) is 12.1 Å². The molecule has 0 amide bonds. The lowest BCUT2D eigenvalue weighted by molar-refractivity contribution is -0.384. The van der Waals surface area contributed by atoms with Gasteiger partial charge in [0.15, 0.2) is 0 Å². The number of hydrogen-bond acceptors (Lipinski definition) is 4. The molecule has 0 bridgehead atoms. The predicted molar refractivity (Wildman–Crippen MR) is 78.2 cm³/mol. The summed E-state index contributed by atoms with van der Waals surface area (Å²) < 4.78 is 0. The number of nitrogens with zero attached hydrogens (tertiary/aromatic N) is 1. The lowest BCUT2D eigenvalue weighted by Crippen LogP contribution is -2.07. The van der Waals surface area contributed by atoms with E-state index in [2.05, 4.69) is 5.32 Å². The molecule has 0 atom stereocenters. The Morgan fingerprint density at radius 2 is 1.86 bits per heavy atom. The summed E-state index contributed by atoms with van der Waals surface area (Å²) in [5.41, 5.74) is 2.21. The molecule has 6 nitrogen and oxygen atoms in total. The standard InChI is InChI=1S/C15H14N2O4/c18-15(19)8-11-4-1-2-5-12(11)10-16-13-6-3-7-14(9-13)17(20)21/h1-7,9,16H,8,10H2,(H,18,19). The van der Waals surface area contributed by atoms with Crippen LogP contribution in [0.15, 0.2) is 48.5 Å². The Hall–Kier alpha value is -2.89. The van der Waals surface area contributed by atoms with E-state index < -0.39 is 10.9 Å². The minimum absolute atomic E-state index is 0.0128. The van der Waals surface area contributed by atoms with Gasteiger partial charge in [-0.2, -0.15) is 0 Å². The molecule has 2 rings (SSSR count). The van der Waals surface area contributed by atoms with Gasteiger partial charge in [0, 0.05) is 24.4 Å². The lowest BCUT2D eigenvalue weighted by atomic mass is 10.0. The Morgan fingerprint density at radius 3 is 2.52 bits per heavy atom. The van der Waals surface area contributed by atoms with Gasteiger partial charge in [-0.15, -0.1) is 0 Å². The first-order valence-corrected chi connectivity index (χ1v) is 6.33. The molecule has 108 valence electrons. The molecule has 6 heteroatoms. The summed E-state index contributed by atoms with van der Waals surface area (Å²) in [5.74, 6) is -0.891. The van der Waals surface area contributed by atoms with Crippen LogP contribution in [0.4, 0.5) is 11.4 Å². The number of nitro groups is 1. The van der Waals surface area contributed by atoms with Crippen LogP contribution in [0.5, 0.6) is 0 Å². The number of benzene rings is 2. The molecule has 0 saturated carbocycles. The van der Waals surface area contributed by atoms with Gasteiger partial charge in [-0.05, 0) is 17.2 Å². The molecule has 0 fully saturated rings. The summed E-state index contributed by atoms with van der Waals surface area (Å²) >= 11 is 0. The van der Waals surface area contributed by atoms with Gasteiger partial charge in [0.1, 0.15) is 0 Å². The number of non-ortho nitro benzene ring substituents is 1. The number of aliphatic carboxylic acids is 1. The van der Waals surface area contributed by atoms with Crippen molar-refractivity contribution in [2.24, 2.45) is 0 Å². The molecular weight excluding hydrogens is 272 g/mol. The van der Waals surface area contributed by atoms with E-state index >= 15 is 0 Å². The first-order valence-electron chi connectivity index (χ1n) is 6.33. The molecule has 2 aromatic carbocycles. The van der Waals surface area contributed by atoms with E-state index in [9.17, 15) is 14.9 Å². The van der Waals surface area contributed by atoms with E-state index in [1.807, 2.05) is 12.1 Å². The van der Waals surface area contributed by atoms with Gasteiger partial charge in [-0.3, -0.25) is 14.9 Å². The summed E-state index contributed by atoms with van der Waals surface area (Å²) in [5, 5.41) is 22.7. The van der Waals surface area contributed by atoms with Gasteiger partial charge in [-0.25, -0.2) is 0 Å². The number of carbonyl (C=O) groups is 1. The van der Waals surface area contributed by atoms with E-state index in [0.717, 1.165) is 11.1 Å². The Morgan fingerprint density at radius 1 is 1.14 bits per heavy atom. The van der Waals surface area contributed by atoms with Crippen molar-refractivity contribution < 1.29 is 14.8 Å². The molecule has 0 unspecified atom stereocenters. The van der Waals surface area contributed by atoms with Crippen LogP contribution >= 0.6 is 0 Å². The Balaban J connectivity index is 2.11. The maximum atomic E-state index is 10.8. The molecule has 0 aliphatic carbocycles. The Bertz CT molecular complexity index is 670. The van der Waals surface area contributed by atoms with Gasteiger partial charge in [0.2, 0.25) is 0 Å². The molecule has 0 radical (unpaired) electrons. The number of carboxylic acids is 1. The second-order valence-corrected chi connectivity index (χ2v) is 4.50. The number of anilines is 1. The minimum atomic E-state index is -0.891. The molecular formula is C15H14N2O4. The highest BCUT2D eigenvalue weighted by Gasteiger charge is 2.08. The van der Waals surface area contributed by atoms with Gasteiger partial charge >= 0.3 is 5.97 Å². The number of hydrogen-bond donors (Lipinski definition) is 2. The second kappa shape index (κ2) is 6.51. The Kier molecular flexibility index (Phi) is 4.50. The average Bonchev–Trinajstić information content (AvgIpc) is 2.46. The Labute approximate surface area is 121 Å². The van der Waals surface area contributed by atoms with Crippen LogP contribution in [-0.4, -0.2) is 16.0 Å². The highest BCUT2D eigenvalue weighted by Crippen LogP contribution is 2.18. The molecule has 0 aliphatic rings. The maximum Gasteiger partial charge on any atom is 0.307 e. The zero-order valence-corrected chi connectivity index (χ0v) is 11.2. The molecule has 0 aromatic heterocycles. The summed E-state index contributed by atoms with van der Waals surface area (Å²) in [6.45, 7) is 0.407. The van der Waals surface area contributed by atoms with Crippen molar-refractivity contribution in [3.63, 3.8) is 0 Å². The van der Waals surface area contributed by atoms with Crippen molar-refractivity contribution in [3.05, 3.63) is 69.8 Å². The molecule has 2 aromatic rings. The fourth-order valence-electron chi connectivity index (χ4n) is 1.99. The van der Waals surface area contributed by atoms with Crippen LogP contribution in [-0.2, 0) is 17.8 Å². The first-order chi connectivity index (χ1) is 10.1. The minimum Gasteiger partial charge on any atom is -0.481 e. The zero-order chi connectivity index (χ0) is 15.2. The van der Waals surface area contributed by atoms with Gasteiger partial charge in [0.05, 0.1) is 11.3 Å². The van der Waals surface area contributed by atoms with Crippen molar-refractivity contribution in [1.29, 1.82) is 0 Å². The van der Waals surface area contributed by atoms with Crippen molar-refractivity contribution in [3.8, 4) is 0 Å². The SMILES string of the molecule is O=C(O)Cc1ccccc1CNc1cccc([N+](=O)[O-])c1. The van der Waals surface area contributed by atoms with Crippen LogP contribution in [0.2, 0.25) is 0 Å². The quantitative estimate of drug-likeness (QED) is 0.629. The predicted octanol–water partition coefficient (Wildman–Crippen LogP) is 2.83. The average molecular weight is 286 g/mol. The van der Waals surface area contributed by atoms with Crippen LogP contribution in [0, 0.1) is 10.1 Å². The van der Waals surface area contributed by atoms with E-state index in [0.29, 0.717) is 12.2 Å². The molecule has 0 heterocycles. The molecule has 2 N–H and O–H groups in total. The third-order valence-electron chi connectivity index (χ3n) is 3.00. The second-order valence-electron chi connectivity index (χ2n) is 4.50. The fourth-order valence-corrected chi connectivity index (χ4v) is 1.99. The van der Waals surface area contributed by atoms with Gasteiger partial charge < -0.3 is 10.4 Å². The summed E-state index contributed by atoms with van der Waals surface area (Å²) in [6.07, 6.45) is -0.0488. The maximum absolute atomic E-state index is 10.8.